The lowest BCUT2D eigenvalue weighted by Crippen LogP contribution is -2.26. The van der Waals surface area contributed by atoms with Gasteiger partial charge in [0.2, 0.25) is 0 Å². The van der Waals surface area contributed by atoms with Gasteiger partial charge < -0.3 is 14.4 Å². The quantitative estimate of drug-likeness (QED) is 0.495. The van der Waals surface area contributed by atoms with Crippen LogP contribution >= 0.6 is 0 Å². The highest BCUT2D eigenvalue weighted by Gasteiger charge is 2.26. The number of hydrogen-bond donors (Lipinski definition) is 2. The van der Waals surface area contributed by atoms with Crippen molar-refractivity contribution in [1.29, 1.82) is 0 Å². The molecular formula is C14H18O7S. The van der Waals surface area contributed by atoms with Crippen LogP contribution in [0.4, 0.5) is 0 Å². The van der Waals surface area contributed by atoms with Crippen LogP contribution in [0.3, 0.4) is 0 Å². The summed E-state index contributed by atoms with van der Waals surface area (Å²) in [5.74, 6) is -3.85. The summed E-state index contributed by atoms with van der Waals surface area (Å²) < 4.78 is 28.6. The molecule has 0 radical (unpaired) electrons. The van der Waals surface area contributed by atoms with Gasteiger partial charge in [-0.1, -0.05) is 24.6 Å². The third-order valence-electron chi connectivity index (χ3n) is 2.91. The molecule has 0 aliphatic rings. The van der Waals surface area contributed by atoms with E-state index >= 15 is 0 Å². The lowest BCUT2D eigenvalue weighted by molar-refractivity contribution is -0.141. The van der Waals surface area contributed by atoms with Crippen LogP contribution in [0, 0.1) is 5.92 Å². The Balaban J connectivity index is 2.57. The average Bonchev–Trinajstić information content (AvgIpc) is 2.42. The molecule has 0 aliphatic carbocycles. The molecule has 1 rings (SSSR count). The molecule has 0 fully saturated rings. The van der Waals surface area contributed by atoms with E-state index in [0.717, 1.165) is 0 Å². The van der Waals surface area contributed by atoms with Crippen molar-refractivity contribution in [2.24, 2.45) is 5.92 Å². The lowest BCUT2D eigenvalue weighted by Gasteiger charge is -2.13. The van der Waals surface area contributed by atoms with E-state index in [9.17, 15) is 18.0 Å². The molecule has 0 amide bonds. The van der Waals surface area contributed by atoms with Crippen molar-refractivity contribution in [2.45, 2.75) is 25.7 Å². The number of aliphatic carboxylic acids is 2. The van der Waals surface area contributed by atoms with Gasteiger partial charge in [-0.3, -0.25) is 9.59 Å². The Bertz CT molecular complexity index is 595. The molecule has 1 aromatic rings. The summed E-state index contributed by atoms with van der Waals surface area (Å²) in [4.78, 5) is 21.5. The van der Waals surface area contributed by atoms with Crippen molar-refractivity contribution >= 4 is 22.1 Å². The molecular weight excluding hydrogens is 312 g/mol. The minimum Gasteiger partial charge on any atom is -0.481 e. The van der Waals surface area contributed by atoms with Gasteiger partial charge in [-0.25, -0.2) is 0 Å². The molecule has 1 atom stereocenters. The molecule has 0 saturated carbocycles. The fourth-order valence-corrected chi connectivity index (χ4v) is 3.12. The van der Waals surface area contributed by atoms with E-state index in [0.29, 0.717) is 12.8 Å². The summed E-state index contributed by atoms with van der Waals surface area (Å²) in [6.07, 6.45) is 0.641. The van der Waals surface area contributed by atoms with Gasteiger partial charge in [-0.15, -0.1) is 0 Å². The lowest BCUT2D eigenvalue weighted by atomic mass is 10.0. The second-order valence-electron chi connectivity index (χ2n) is 4.80. The van der Waals surface area contributed by atoms with Crippen LogP contribution in [-0.2, 0) is 19.7 Å². The number of benzene rings is 1. The van der Waals surface area contributed by atoms with Gasteiger partial charge >= 0.3 is 22.1 Å². The minimum atomic E-state index is -4.03. The summed E-state index contributed by atoms with van der Waals surface area (Å²) >= 11 is 0. The second kappa shape index (κ2) is 8.38. The van der Waals surface area contributed by atoms with Gasteiger partial charge in [0, 0.05) is 6.42 Å². The fraction of sp³-hybridized carbons (Fsp3) is 0.429. The minimum absolute atomic E-state index is 0.0698. The van der Waals surface area contributed by atoms with E-state index in [4.69, 9.17) is 14.4 Å². The molecule has 2 N–H and O–H groups in total. The number of rotatable bonds is 10. The molecule has 0 saturated heterocycles. The highest BCUT2D eigenvalue weighted by Crippen LogP contribution is 2.17. The Morgan fingerprint density at radius 2 is 1.73 bits per heavy atom. The molecule has 8 heteroatoms. The summed E-state index contributed by atoms with van der Waals surface area (Å²) in [5.41, 5.74) is 0. The van der Waals surface area contributed by atoms with Gasteiger partial charge in [0.15, 0.2) is 0 Å². The molecule has 0 aromatic heterocycles. The van der Waals surface area contributed by atoms with Gasteiger partial charge in [-0.2, -0.15) is 8.42 Å². The zero-order valence-electron chi connectivity index (χ0n) is 11.8. The zero-order valence-corrected chi connectivity index (χ0v) is 12.7. The number of carboxylic acid groups (broad SMARTS) is 2. The standard InChI is InChI=1S/C14H18O7S/c15-13(16)9-5-4-6-11(14(17)18)10-22(19,20)21-12-7-2-1-3-8-12/h1-3,7-8,11H,4-6,9-10H2,(H,15,16)(H,17,18). The van der Waals surface area contributed by atoms with E-state index in [2.05, 4.69) is 0 Å². The highest BCUT2D eigenvalue weighted by molar-refractivity contribution is 7.87. The second-order valence-corrected chi connectivity index (χ2v) is 6.41. The van der Waals surface area contributed by atoms with Crippen LogP contribution in [-0.4, -0.2) is 36.3 Å². The normalized spacial score (nSPS) is 12.5. The van der Waals surface area contributed by atoms with Gasteiger partial charge in [0.25, 0.3) is 0 Å². The predicted octanol–water partition coefficient (Wildman–Crippen LogP) is 1.74. The molecule has 7 nitrogen and oxygen atoms in total. The number of carbonyl (C=O) groups is 2. The fourth-order valence-electron chi connectivity index (χ4n) is 1.85. The highest BCUT2D eigenvalue weighted by atomic mass is 32.2. The van der Waals surface area contributed by atoms with E-state index < -0.39 is 33.7 Å². The van der Waals surface area contributed by atoms with Gasteiger partial charge in [-0.05, 0) is 25.0 Å². The first-order chi connectivity index (χ1) is 10.3. The monoisotopic (exact) mass is 330 g/mol. The van der Waals surface area contributed by atoms with E-state index in [1.807, 2.05) is 0 Å². The summed E-state index contributed by atoms with van der Waals surface area (Å²) in [5, 5.41) is 17.6. The maximum absolute atomic E-state index is 11.9. The number of carboxylic acids is 2. The molecule has 122 valence electrons. The molecule has 0 bridgehead atoms. The zero-order chi connectivity index (χ0) is 16.6. The molecule has 1 aromatic carbocycles. The van der Waals surface area contributed by atoms with Crippen molar-refractivity contribution in [3.8, 4) is 5.75 Å². The molecule has 0 heterocycles. The number of unbranched alkanes of at least 4 members (excludes halogenated alkanes) is 1. The van der Waals surface area contributed by atoms with Crippen LogP contribution in [0.25, 0.3) is 0 Å². The first-order valence-corrected chi connectivity index (χ1v) is 8.30. The van der Waals surface area contributed by atoms with Gasteiger partial charge in [0.05, 0.1) is 11.7 Å². The van der Waals surface area contributed by atoms with Crippen molar-refractivity contribution < 1.29 is 32.4 Å². The first-order valence-electron chi connectivity index (χ1n) is 6.72. The van der Waals surface area contributed by atoms with Crippen LogP contribution in [0.5, 0.6) is 5.75 Å². The van der Waals surface area contributed by atoms with Crippen molar-refractivity contribution in [1.82, 2.24) is 0 Å². The Labute approximate surface area is 128 Å². The molecule has 0 spiro atoms. The summed E-state index contributed by atoms with van der Waals surface area (Å²) in [6.45, 7) is 0. The average molecular weight is 330 g/mol. The van der Waals surface area contributed by atoms with E-state index in [-0.39, 0.29) is 18.6 Å². The third kappa shape index (κ3) is 7.07. The van der Waals surface area contributed by atoms with E-state index in [1.165, 1.54) is 12.1 Å². The Morgan fingerprint density at radius 1 is 1.09 bits per heavy atom. The SMILES string of the molecule is O=C(O)CCCCC(CS(=O)(=O)Oc1ccccc1)C(=O)O. The number of para-hydroxylation sites is 1. The molecule has 22 heavy (non-hydrogen) atoms. The maximum atomic E-state index is 11.9. The molecule has 1 unspecified atom stereocenters. The predicted molar refractivity (Wildman–Crippen MR) is 78.1 cm³/mol. The molecule has 0 aliphatic heterocycles. The maximum Gasteiger partial charge on any atom is 0.310 e. The van der Waals surface area contributed by atoms with Gasteiger partial charge in [0.1, 0.15) is 5.75 Å². The van der Waals surface area contributed by atoms with Crippen molar-refractivity contribution in [3.05, 3.63) is 30.3 Å². The Morgan fingerprint density at radius 3 is 2.27 bits per heavy atom. The first kappa shape index (κ1) is 18.0. The van der Waals surface area contributed by atoms with Crippen LogP contribution < -0.4 is 4.18 Å². The Kier molecular flexibility index (Phi) is 6.84. The van der Waals surface area contributed by atoms with Crippen LogP contribution in [0.1, 0.15) is 25.7 Å². The topological polar surface area (TPSA) is 118 Å². The Hall–Kier alpha value is -2.09. The largest absolute Gasteiger partial charge is 0.481 e. The summed E-state index contributed by atoms with van der Waals surface area (Å²) in [6, 6.07) is 7.82. The number of hydrogen-bond acceptors (Lipinski definition) is 5. The van der Waals surface area contributed by atoms with E-state index in [1.54, 1.807) is 18.2 Å². The van der Waals surface area contributed by atoms with Crippen LogP contribution in [0.15, 0.2) is 30.3 Å². The summed E-state index contributed by atoms with van der Waals surface area (Å²) in [7, 11) is -4.03. The van der Waals surface area contributed by atoms with Crippen LogP contribution in [0.2, 0.25) is 0 Å². The smallest absolute Gasteiger partial charge is 0.310 e. The van der Waals surface area contributed by atoms with Crippen molar-refractivity contribution in [2.75, 3.05) is 5.75 Å². The van der Waals surface area contributed by atoms with Crippen molar-refractivity contribution in [3.63, 3.8) is 0 Å². The third-order valence-corrected chi connectivity index (χ3v) is 4.17.